The van der Waals surface area contributed by atoms with Crippen molar-refractivity contribution in [3.05, 3.63) is 71.3 Å². The van der Waals surface area contributed by atoms with E-state index in [1.54, 1.807) is 24.3 Å². The van der Waals surface area contributed by atoms with Gasteiger partial charge in [0.1, 0.15) is 0 Å². The van der Waals surface area contributed by atoms with Crippen molar-refractivity contribution in [2.45, 2.75) is 26.7 Å². The molecule has 0 aromatic heterocycles. The Kier molecular flexibility index (Phi) is 5.86. The largest absolute Gasteiger partial charge is 0.368 e. The Labute approximate surface area is 200 Å². The van der Waals surface area contributed by atoms with Crippen LogP contribution < -0.4 is 15.3 Å². The number of carbonyl (C=O) groups is 3. The Hall–Kier alpha value is -3.61. The molecular weight excluding hydrogens is 428 g/mol. The number of fused-ring (bicyclic) bond motifs is 1. The summed E-state index contributed by atoms with van der Waals surface area (Å²) in [6.07, 6.45) is 5.08. The Morgan fingerprint density at radius 2 is 1.62 bits per heavy atom. The molecule has 3 amide bonds. The number of anilines is 2. The molecule has 1 aliphatic carbocycles. The number of piperazine rings is 1. The predicted octanol–water partition coefficient (Wildman–Crippen LogP) is 3.23. The lowest BCUT2D eigenvalue weighted by Gasteiger charge is -2.38. The third kappa shape index (κ3) is 3.95. The number of hydrogen-bond donors (Lipinski definition) is 1. The summed E-state index contributed by atoms with van der Waals surface area (Å²) in [7, 11) is 0. The van der Waals surface area contributed by atoms with E-state index in [1.165, 1.54) is 21.8 Å². The highest BCUT2D eigenvalue weighted by atomic mass is 16.2. The molecule has 0 bridgehead atoms. The highest BCUT2D eigenvalue weighted by Gasteiger charge is 2.42. The molecule has 2 aromatic rings. The highest BCUT2D eigenvalue weighted by Crippen LogP contribution is 2.32. The smallest absolute Gasteiger partial charge is 0.254 e. The molecule has 0 unspecified atom stereocenters. The number of hydrazine groups is 1. The van der Waals surface area contributed by atoms with Crippen LogP contribution in [0.5, 0.6) is 0 Å². The van der Waals surface area contributed by atoms with Crippen molar-refractivity contribution < 1.29 is 14.4 Å². The molecule has 0 saturated carbocycles. The Balaban J connectivity index is 1.29. The van der Waals surface area contributed by atoms with E-state index in [-0.39, 0.29) is 29.6 Å². The van der Waals surface area contributed by atoms with Crippen LogP contribution in [0.25, 0.3) is 0 Å². The molecule has 0 spiro atoms. The number of allylic oxidation sites excluding steroid dienone is 2. The molecule has 2 saturated heterocycles. The van der Waals surface area contributed by atoms with E-state index in [0.29, 0.717) is 37.2 Å². The fourth-order valence-corrected chi connectivity index (χ4v) is 5.17. The van der Waals surface area contributed by atoms with E-state index in [4.69, 9.17) is 0 Å². The van der Waals surface area contributed by atoms with Crippen LogP contribution in [0.4, 0.5) is 11.4 Å². The first-order valence-corrected chi connectivity index (χ1v) is 11.9. The van der Waals surface area contributed by atoms with Crippen LogP contribution >= 0.6 is 0 Å². The number of hydrogen-bond acceptors (Lipinski definition) is 4. The standard InChI is InChI=1S/C27H30N4O3/c1-18-7-5-12-24(19(18)2)29-13-15-30(16-14-29)26(33)20-8-6-9-21(17-20)31-27(34)23-11-4-3-10-22(23)25(32)28-31/h3-9,12,17,22-23H,10-11,13-16H2,1-2H3,(H,28,32)/t22-,23+/m1/s1. The SMILES string of the molecule is Cc1cccc(N2CCN(C(=O)c3cccc(N4NC(=O)[C@@H]5CC=CC[C@@H]5C4=O)c3)CC2)c1C. The second kappa shape index (κ2) is 8.97. The van der Waals surface area contributed by atoms with Gasteiger partial charge in [-0.15, -0.1) is 0 Å². The van der Waals surface area contributed by atoms with Gasteiger partial charge in [0.05, 0.1) is 17.5 Å². The van der Waals surface area contributed by atoms with E-state index >= 15 is 0 Å². The molecule has 2 aromatic carbocycles. The van der Waals surface area contributed by atoms with Gasteiger partial charge in [-0.3, -0.25) is 19.8 Å². The monoisotopic (exact) mass is 458 g/mol. The second-order valence-electron chi connectivity index (χ2n) is 9.35. The van der Waals surface area contributed by atoms with Gasteiger partial charge in [-0.25, -0.2) is 5.01 Å². The molecule has 5 rings (SSSR count). The molecule has 0 radical (unpaired) electrons. The third-order valence-corrected chi connectivity index (χ3v) is 7.36. The Morgan fingerprint density at radius 1 is 0.912 bits per heavy atom. The maximum Gasteiger partial charge on any atom is 0.254 e. The third-order valence-electron chi connectivity index (χ3n) is 7.36. The van der Waals surface area contributed by atoms with Crippen LogP contribution in [0.15, 0.2) is 54.6 Å². The molecule has 2 aliphatic heterocycles. The maximum atomic E-state index is 13.3. The summed E-state index contributed by atoms with van der Waals surface area (Å²) in [6, 6.07) is 13.3. The van der Waals surface area contributed by atoms with Gasteiger partial charge in [-0.2, -0.15) is 0 Å². The summed E-state index contributed by atoms with van der Waals surface area (Å²) >= 11 is 0. The number of nitrogens with zero attached hydrogens (tertiary/aromatic N) is 3. The molecule has 34 heavy (non-hydrogen) atoms. The van der Waals surface area contributed by atoms with Crippen LogP contribution in [0, 0.1) is 25.7 Å². The molecule has 7 nitrogen and oxygen atoms in total. The molecule has 176 valence electrons. The van der Waals surface area contributed by atoms with Gasteiger partial charge in [0.2, 0.25) is 11.8 Å². The van der Waals surface area contributed by atoms with Crippen molar-refractivity contribution >= 4 is 29.1 Å². The average Bonchev–Trinajstić information content (AvgIpc) is 2.87. The maximum absolute atomic E-state index is 13.3. The van der Waals surface area contributed by atoms with E-state index < -0.39 is 0 Å². The quantitative estimate of drug-likeness (QED) is 0.717. The highest BCUT2D eigenvalue weighted by molar-refractivity contribution is 6.05. The summed E-state index contributed by atoms with van der Waals surface area (Å²) in [6.45, 7) is 7.06. The van der Waals surface area contributed by atoms with E-state index in [0.717, 1.165) is 13.1 Å². The van der Waals surface area contributed by atoms with Crippen molar-refractivity contribution in [1.29, 1.82) is 0 Å². The Bertz CT molecular complexity index is 1170. The van der Waals surface area contributed by atoms with Crippen LogP contribution in [-0.2, 0) is 9.59 Å². The first-order valence-electron chi connectivity index (χ1n) is 11.9. The molecule has 2 heterocycles. The first kappa shape index (κ1) is 22.2. The van der Waals surface area contributed by atoms with Gasteiger partial charge in [0.15, 0.2) is 0 Å². The van der Waals surface area contributed by atoms with Crippen molar-refractivity contribution in [3.63, 3.8) is 0 Å². The average molecular weight is 459 g/mol. The minimum absolute atomic E-state index is 0.0586. The summed E-state index contributed by atoms with van der Waals surface area (Å²) in [5, 5.41) is 1.32. The first-order chi connectivity index (χ1) is 16.4. The minimum atomic E-state index is -0.351. The molecule has 1 N–H and O–H groups in total. The molecule has 2 fully saturated rings. The zero-order chi connectivity index (χ0) is 23.8. The van der Waals surface area contributed by atoms with Crippen LogP contribution in [0.2, 0.25) is 0 Å². The topological polar surface area (TPSA) is 73.0 Å². The fourth-order valence-electron chi connectivity index (χ4n) is 5.17. The lowest BCUT2D eigenvalue weighted by atomic mass is 9.80. The number of carbonyl (C=O) groups excluding carboxylic acids is 3. The molecule has 3 aliphatic rings. The molecule has 2 atom stereocenters. The van der Waals surface area contributed by atoms with Crippen LogP contribution in [0.1, 0.15) is 34.3 Å². The lowest BCUT2D eigenvalue weighted by molar-refractivity contribution is -0.139. The fraction of sp³-hybridized carbons (Fsp3) is 0.370. The van der Waals surface area contributed by atoms with Crippen molar-refractivity contribution in [2.75, 3.05) is 36.1 Å². The van der Waals surface area contributed by atoms with Crippen LogP contribution in [0.3, 0.4) is 0 Å². The lowest BCUT2D eigenvalue weighted by Crippen LogP contribution is -2.59. The molecular formula is C27H30N4O3. The number of benzene rings is 2. The molecule has 7 heteroatoms. The predicted molar refractivity (Wildman–Crippen MR) is 131 cm³/mol. The summed E-state index contributed by atoms with van der Waals surface area (Å²) < 4.78 is 0. The summed E-state index contributed by atoms with van der Waals surface area (Å²) in [4.78, 5) is 43.2. The van der Waals surface area contributed by atoms with Gasteiger partial charge in [-0.1, -0.05) is 30.4 Å². The zero-order valence-corrected chi connectivity index (χ0v) is 19.7. The van der Waals surface area contributed by atoms with Crippen molar-refractivity contribution in [3.8, 4) is 0 Å². The normalized spacial score (nSPS) is 22.5. The van der Waals surface area contributed by atoms with Crippen molar-refractivity contribution in [1.82, 2.24) is 10.3 Å². The summed E-state index contributed by atoms with van der Waals surface area (Å²) in [5.74, 6) is -0.992. The van der Waals surface area contributed by atoms with Gasteiger partial charge in [0, 0.05) is 37.4 Å². The van der Waals surface area contributed by atoms with E-state index in [2.05, 4.69) is 42.4 Å². The van der Waals surface area contributed by atoms with Crippen molar-refractivity contribution in [2.24, 2.45) is 11.8 Å². The van der Waals surface area contributed by atoms with E-state index in [9.17, 15) is 14.4 Å². The van der Waals surface area contributed by atoms with Gasteiger partial charge in [0.25, 0.3) is 5.91 Å². The number of rotatable bonds is 3. The van der Waals surface area contributed by atoms with E-state index in [1.807, 2.05) is 17.1 Å². The Morgan fingerprint density at radius 3 is 2.38 bits per heavy atom. The second-order valence-corrected chi connectivity index (χ2v) is 9.35. The van der Waals surface area contributed by atoms with Gasteiger partial charge in [-0.05, 0) is 62.1 Å². The summed E-state index contributed by atoms with van der Waals surface area (Å²) in [5.41, 5.74) is 7.55. The number of amides is 3. The zero-order valence-electron chi connectivity index (χ0n) is 19.7. The minimum Gasteiger partial charge on any atom is -0.368 e. The van der Waals surface area contributed by atoms with Gasteiger partial charge < -0.3 is 9.80 Å². The number of aryl methyl sites for hydroxylation is 1. The number of nitrogens with one attached hydrogen (secondary N) is 1. The van der Waals surface area contributed by atoms with Crippen LogP contribution in [-0.4, -0.2) is 48.8 Å². The van der Waals surface area contributed by atoms with Gasteiger partial charge >= 0.3 is 0 Å².